The first-order chi connectivity index (χ1) is 13.4. The molecule has 0 radical (unpaired) electrons. The number of alkyl halides is 11. The second-order valence-electron chi connectivity index (χ2n) is 6.41. The normalized spacial score (nSPS) is 15.3. The highest BCUT2D eigenvalue weighted by atomic mass is 19.4. The predicted molar refractivity (Wildman–Crippen MR) is 85.4 cm³/mol. The summed E-state index contributed by atoms with van der Waals surface area (Å²) in [6, 6.07) is 4.76. The van der Waals surface area contributed by atoms with Gasteiger partial charge in [0.1, 0.15) is 0 Å². The van der Waals surface area contributed by atoms with Gasteiger partial charge < -0.3 is 10.0 Å². The molecule has 1 rings (SSSR count). The van der Waals surface area contributed by atoms with Gasteiger partial charge in [0.2, 0.25) is 0 Å². The van der Waals surface area contributed by atoms with Crippen LogP contribution in [-0.4, -0.2) is 48.1 Å². The van der Waals surface area contributed by atoms with Gasteiger partial charge >= 0.3 is 29.9 Å². The highest BCUT2D eigenvalue weighted by Gasteiger charge is 2.87. The highest BCUT2D eigenvalue weighted by Crippen LogP contribution is 2.58. The van der Waals surface area contributed by atoms with Gasteiger partial charge in [-0.25, -0.2) is 0 Å². The lowest BCUT2D eigenvalue weighted by Gasteiger charge is -2.37. The Bertz CT molecular complexity index is 714. The van der Waals surface area contributed by atoms with Gasteiger partial charge in [0.05, 0.1) is 6.10 Å². The van der Waals surface area contributed by atoms with E-state index in [4.69, 9.17) is 0 Å². The van der Waals surface area contributed by atoms with Crippen LogP contribution in [0.4, 0.5) is 54.0 Å². The van der Waals surface area contributed by atoms with E-state index in [2.05, 4.69) is 0 Å². The molecular weight excluding hydrogens is 443 g/mol. The van der Waals surface area contributed by atoms with Gasteiger partial charge in [-0.2, -0.15) is 48.3 Å². The van der Waals surface area contributed by atoms with Crippen LogP contribution in [0.25, 0.3) is 0 Å². The number of aliphatic hydroxyl groups excluding tert-OH is 1. The molecule has 0 aliphatic heterocycles. The molecule has 0 saturated heterocycles. The molecule has 1 aromatic rings. The van der Waals surface area contributed by atoms with Gasteiger partial charge in [-0.1, -0.05) is 12.1 Å². The SMILES string of the molecule is CCN(CC)c1cccc(C(O)CC(F)(F)C(F)(F)C(F)(F)C(F)(F)C(F)(F)F)c1. The number of anilines is 1. The number of hydrogen-bond donors (Lipinski definition) is 1. The first kappa shape index (κ1) is 26.2. The molecule has 0 saturated carbocycles. The predicted octanol–water partition coefficient (Wildman–Crippen LogP) is 6.06. The summed E-state index contributed by atoms with van der Waals surface area (Å²) in [5.74, 6) is -28.2. The summed E-state index contributed by atoms with van der Waals surface area (Å²) in [7, 11) is 0. The van der Waals surface area contributed by atoms with E-state index in [-0.39, 0.29) is 0 Å². The van der Waals surface area contributed by atoms with E-state index in [0.29, 0.717) is 18.8 Å². The van der Waals surface area contributed by atoms with E-state index in [1.165, 1.54) is 12.1 Å². The number of hydrogen-bond acceptors (Lipinski definition) is 2. The molecule has 1 N–H and O–H groups in total. The second-order valence-corrected chi connectivity index (χ2v) is 6.41. The standard InChI is InChI=1S/C17H18F11NO/c1-3-29(4-2)11-7-5-6-10(8-11)12(30)9-13(18,19)14(20,21)15(22,23)16(24,25)17(26,27)28/h5-8,12,30H,3-4,9H2,1-2H3. The van der Waals surface area contributed by atoms with Crippen molar-refractivity contribution in [3.8, 4) is 0 Å². The fourth-order valence-corrected chi connectivity index (χ4v) is 2.61. The van der Waals surface area contributed by atoms with Crippen LogP contribution in [0.2, 0.25) is 0 Å². The second kappa shape index (κ2) is 8.39. The molecule has 1 aromatic carbocycles. The van der Waals surface area contributed by atoms with E-state index in [1.54, 1.807) is 18.7 Å². The fourth-order valence-electron chi connectivity index (χ4n) is 2.61. The Kier molecular flexibility index (Phi) is 7.34. The number of halogens is 11. The molecule has 0 aromatic heterocycles. The zero-order valence-corrected chi connectivity index (χ0v) is 15.6. The van der Waals surface area contributed by atoms with Crippen LogP contribution in [0.3, 0.4) is 0 Å². The number of nitrogens with zero attached hydrogens (tertiary/aromatic N) is 1. The molecule has 1 atom stereocenters. The van der Waals surface area contributed by atoms with Crippen molar-refractivity contribution in [2.75, 3.05) is 18.0 Å². The van der Waals surface area contributed by atoms with Crippen LogP contribution in [-0.2, 0) is 0 Å². The molecule has 0 heterocycles. The molecular formula is C17H18F11NO. The third-order valence-corrected chi connectivity index (χ3v) is 4.44. The lowest BCUT2D eigenvalue weighted by Crippen LogP contribution is -2.66. The zero-order chi connectivity index (χ0) is 23.8. The third-order valence-electron chi connectivity index (χ3n) is 4.44. The Hall–Kier alpha value is -1.79. The molecule has 0 fully saturated rings. The Balaban J connectivity index is 3.24. The summed E-state index contributed by atoms with van der Waals surface area (Å²) in [6.45, 7) is 4.26. The number of benzene rings is 1. The van der Waals surface area contributed by atoms with Crippen molar-refractivity contribution in [1.82, 2.24) is 0 Å². The van der Waals surface area contributed by atoms with Crippen LogP contribution < -0.4 is 4.90 Å². The summed E-state index contributed by atoms with van der Waals surface area (Å²) in [5.41, 5.74) is -0.0960. The first-order valence-corrected chi connectivity index (χ1v) is 8.48. The third kappa shape index (κ3) is 4.45. The van der Waals surface area contributed by atoms with E-state index >= 15 is 0 Å². The molecule has 0 bridgehead atoms. The summed E-state index contributed by atoms with van der Waals surface area (Å²) in [4.78, 5) is 1.65. The monoisotopic (exact) mass is 461 g/mol. The molecule has 0 amide bonds. The largest absolute Gasteiger partial charge is 0.460 e. The van der Waals surface area contributed by atoms with Crippen molar-refractivity contribution in [3.05, 3.63) is 29.8 Å². The Morgan fingerprint density at radius 1 is 0.800 bits per heavy atom. The summed E-state index contributed by atoms with van der Waals surface area (Å²) in [6.07, 6.45) is -12.3. The van der Waals surface area contributed by atoms with E-state index < -0.39 is 48.0 Å². The lowest BCUT2D eigenvalue weighted by molar-refractivity contribution is -0.423. The van der Waals surface area contributed by atoms with Crippen molar-refractivity contribution in [3.63, 3.8) is 0 Å². The maximum Gasteiger partial charge on any atom is 0.460 e. The van der Waals surface area contributed by atoms with Gasteiger partial charge in [0.15, 0.2) is 0 Å². The summed E-state index contributed by atoms with van der Waals surface area (Å²) >= 11 is 0. The van der Waals surface area contributed by atoms with Crippen LogP contribution in [0.15, 0.2) is 24.3 Å². The molecule has 2 nitrogen and oxygen atoms in total. The molecule has 0 aliphatic carbocycles. The average molecular weight is 461 g/mol. The van der Waals surface area contributed by atoms with Crippen molar-refractivity contribution in [2.45, 2.75) is 56.2 Å². The quantitative estimate of drug-likeness (QED) is 0.452. The summed E-state index contributed by atoms with van der Waals surface area (Å²) in [5, 5.41) is 9.81. The lowest BCUT2D eigenvalue weighted by atomic mass is 9.92. The van der Waals surface area contributed by atoms with E-state index in [9.17, 15) is 53.4 Å². The molecule has 13 heteroatoms. The molecule has 0 aliphatic rings. The number of aliphatic hydroxyl groups is 1. The average Bonchev–Trinajstić information content (AvgIpc) is 2.61. The molecule has 174 valence electrons. The molecule has 1 unspecified atom stereocenters. The van der Waals surface area contributed by atoms with Gasteiger partial charge in [0, 0.05) is 25.2 Å². The van der Waals surface area contributed by atoms with E-state index in [1.807, 2.05) is 0 Å². The van der Waals surface area contributed by atoms with Crippen molar-refractivity contribution in [1.29, 1.82) is 0 Å². The van der Waals surface area contributed by atoms with Crippen molar-refractivity contribution < 1.29 is 53.4 Å². The zero-order valence-electron chi connectivity index (χ0n) is 15.6. The van der Waals surface area contributed by atoms with Crippen LogP contribution in [0.1, 0.15) is 31.9 Å². The molecule has 0 spiro atoms. The topological polar surface area (TPSA) is 23.5 Å². The Morgan fingerprint density at radius 3 is 1.73 bits per heavy atom. The minimum Gasteiger partial charge on any atom is -0.388 e. The van der Waals surface area contributed by atoms with E-state index in [0.717, 1.165) is 12.1 Å². The van der Waals surface area contributed by atoms with Crippen LogP contribution >= 0.6 is 0 Å². The minimum absolute atomic E-state index is 0.348. The minimum atomic E-state index is -7.48. The summed E-state index contributed by atoms with van der Waals surface area (Å²) < 4.78 is 143. The van der Waals surface area contributed by atoms with Crippen molar-refractivity contribution >= 4 is 5.69 Å². The van der Waals surface area contributed by atoms with Gasteiger partial charge in [-0.05, 0) is 31.5 Å². The fraction of sp³-hybridized carbons (Fsp3) is 0.647. The maximum absolute atomic E-state index is 13.8. The van der Waals surface area contributed by atoms with Crippen molar-refractivity contribution in [2.24, 2.45) is 0 Å². The highest BCUT2D eigenvalue weighted by molar-refractivity contribution is 5.49. The van der Waals surface area contributed by atoms with Gasteiger partial charge in [0.25, 0.3) is 0 Å². The Morgan fingerprint density at radius 2 is 1.30 bits per heavy atom. The van der Waals surface area contributed by atoms with Crippen LogP contribution in [0, 0.1) is 0 Å². The first-order valence-electron chi connectivity index (χ1n) is 8.48. The van der Waals surface area contributed by atoms with Crippen LogP contribution in [0.5, 0.6) is 0 Å². The molecule has 30 heavy (non-hydrogen) atoms. The number of rotatable bonds is 9. The maximum atomic E-state index is 13.8. The van der Waals surface area contributed by atoms with Gasteiger partial charge in [-0.3, -0.25) is 0 Å². The smallest absolute Gasteiger partial charge is 0.388 e. The van der Waals surface area contributed by atoms with Gasteiger partial charge in [-0.15, -0.1) is 0 Å². The Labute approximate surface area is 164 Å².